The Hall–Kier alpha value is -2.37. The molecule has 1 N–H and O–H groups in total. The van der Waals surface area contributed by atoms with Gasteiger partial charge in [-0.15, -0.1) is 0 Å². The minimum atomic E-state index is -0.139. The molecule has 3 heterocycles. The number of hydrogen-bond acceptors (Lipinski definition) is 3. The summed E-state index contributed by atoms with van der Waals surface area (Å²) in [4.78, 5) is 31.4. The number of amides is 2. The van der Waals surface area contributed by atoms with Crippen LogP contribution in [0.5, 0.6) is 0 Å². The van der Waals surface area contributed by atoms with Gasteiger partial charge < -0.3 is 10.2 Å². The van der Waals surface area contributed by atoms with E-state index < -0.39 is 0 Å². The van der Waals surface area contributed by atoms with Gasteiger partial charge in [0.05, 0.1) is 5.69 Å². The Labute approximate surface area is 154 Å². The van der Waals surface area contributed by atoms with E-state index in [1.54, 1.807) is 0 Å². The van der Waals surface area contributed by atoms with E-state index in [9.17, 15) is 9.59 Å². The van der Waals surface area contributed by atoms with Gasteiger partial charge in [-0.25, -0.2) is 4.98 Å². The molecule has 0 aliphatic carbocycles. The lowest BCUT2D eigenvalue weighted by atomic mass is 10.0. The van der Waals surface area contributed by atoms with Crippen molar-refractivity contribution in [2.75, 3.05) is 13.1 Å². The molecule has 6 heteroatoms. The van der Waals surface area contributed by atoms with E-state index in [-0.39, 0.29) is 11.8 Å². The number of rotatable bonds is 5. The van der Waals surface area contributed by atoms with Crippen LogP contribution in [-0.2, 0) is 4.79 Å². The minimum absolute atomic E-state index is 0.139. The summed E-state index contributed by atoms with van der Waals surface area (Å²) >= 11 is 0. The van der Waals surface area contributed by atoms with Crippen molar-refractivity contribution >= 4 is 17.5 Å². The molecule has 1 aliphatic heterocycles. The molecular weight excluding hydrogens is 328 g/mol. The number of piperidine rings is 1. The predicted octanol–water partition coefficient (Wildman–Crippen LogP) is 2.86. The molecule has 26 heavy (non-hydrogen) atoms. The van der Waals surface area contributed by atoms with Crippen LogP contribution in [0.2, 0.25) is 0 Å². The molecule has 2 aromatic rings. The molecule has 1 unspecified atom stereocenters. The first-order valence-electron chi connectivity index (χ1n) is 9.51. The Kier molecular flexibility index (Phi) is 5.59. The number of pyridine rings is 1. The molecule has 0 spiro atoms. The first-order chi connectivity index (χ1) is 12.5. The first-order valence-corrected chi connectivity index (χ1v) is 9.51. The van der Waals surface area contributed by atoms with Crippen LogP contribution in [-0.4, -0.2) is 45.2 Å². The third kappa shape index (κ3) is 3.74. The molecule has 2 amide bonds. The van der Waals surface area contributed by atoms with Gasteiger partial charge >= 0.3 is 0 Å². The second-order valence-electron chi connectivity index (χ2n) is 7.22. The summed E-state index contributed by atoms with van der Waals surface area (Å²) in [6.07, 6.45) is 6.39. The number of carbonyl (C=O) groups excluding carboxylic acids is 2. The lowest BCUT2D eigenvalue weighted by molar-refractivity contribution is -0.134. The average molecular weight is 356 g/mol. The number of carbonyl (C=O) groups is 2. The van der Waals surface area contributed by atoms with Crippen LogP contribution < -0.4 is 5.32 Å². The van der Waals surface area contributed by atoms with Crippen LogP contribution in [0.4, 0.5) is 0 Å². The maximum absolute atomic E-state index is 12.6. The van der Waals surface area contributed by atoms with Crippen molar-refractivity contribution in [2.45, 2.75) is 58.9 Å². The summed E-state index contributed by atoms with van der Waals surface area (Å²) < 4.78 is 1.83. The highest BCUT2D eigenvalue weighted by molar-refractivity contribution is 5.94. The third-order valence-corrected chi connectivity index (χ3v) is 5.21. The summed E-state index contributed by atoms with van der Waals surface area (Å²) in [5.74, 6) is 0.0625. The van der Waals surface area contributed by atoms with Gasteiger partial charge in [-0.05, 0) is 58.1 Å². The number of hydrogen-bond donors (Lipinski definition) is 1. The van der Waals surface area contributed by atoms with E-state index in [4.69, 9.17) is 0 Å². The molecule has 0 saturated carbocycles. The van der Waals surface area contributed by atoms with Gasteiger partial charge in [0.15, 0.2) is 0 Å². The Morgan fingerprint density at radius 2 is 2.12 bits per heavy atom. The van der Waals surface area contributed by atoms with Crippen molar-refractivity contribution in [3.05, 3.63) is 35.3 Å². The van der Waals surface area contributed by atoms with Crippen LogP contribution >= 0.6 is 0 Å². The zero-order chi connectivity index (χ0) is 18.7. The van der Waals surface area contributed by atoms with Gasteiger partial charge in [0.2, 0.25) is 5.91 Å². The maximum Gasteiger partial charge on any atom is 0.270 e. The molecule has 1 aliphatic rings. The highest BCUT2D eigenvalue weighted by Gasteiger charge is 2.22. The predicted molar refractivity (Wildman–Crippen MR) is 101 cm³/mol. The van der Waals surface area contributed by atoms with Crippen LogP contribution in [0.15, 0.2) is 18.3 Å². The van der Waals surface area contributed by atoms with Gasteiger partial charge in [-0.1, -0.05) is 6.07 Å². The van der Waals surface area contributed by atoms with Gasteiger partial charge in [0.1, 0.15) is 11.3 Å². The van der Waals surface area contributed by atoms with E-state index >= 15 is 0 Å². The van der Waals surface area contributed by atoms with Gasteiger partial charge in [0.25, 0.3) is 5.91 Å². The maximum atomic E-state index is 12.6. The number of likely N-dealkylation sites (tertiary alicyclic amines) is 1. The normalized spacial score (nSPS) is 17.5. The summed E-state index contributed by atoms with van der Waals surface area (Å²) in [6, 6.07) is 4.24. The zero-order valence-electron chi connectivity index (χ0n) is 15.9. The Bertz CT molecular complexity index is 811. The van der Waals surface area contributed by atoms with E-state index in [2.05, 4.69) is 17.2 Å². The second-order valence-corrected chi connectivity index (χ2v) is 7.22. The molecule has 0 radical (unpaired) electrons. The van der Waals surface area contributed by atoms with Crippen LogP contribution in [0, 0.1) is 13.8 Å². The molecule has 1 saturated heterocycles. The lowest BCUT2D eigenvalue weighted by Crippen LogP contribution is -2.42. The fraction of sp³-hybridized carbons (Fsp3) is 0.550. The molecule has 6 nitrogen and oxygen atoms in total. The summed E-state index contributed by atoms with van der Waals surface area (Å²) in [7, 11) is 0. The summed E-state index contributed by atoms with van der Waals surface area (Å²) in [6.45, 7) is 7.31. The highest BCUT2D eigenvalue weighted by Crippen LogP contribution is 2.18. The number of aromatic nitrogens is 2. The Balaban J connectivity index is 1.54. The SMILES string of the molecule is Cc1nc2c(C)cccn2c1C(=O)NCCCC(=O)N1CCCCC1C. The number of nitrogens with one attached hydrogen (secondary N) is 1. The van der Waals surface area contributed by atoms with Crippen LogP contribution in [0.25, 0.3) is 5.65 Å². The summed E-state index contributed by atoms with van der Waals surface area (Å²) in [5, 5.41) is 2.94. The monoisotopic (exact) mass is 356 g/mol. The van der Waals surface area contributed by atoms with Gasteiger partial charge in [-0.2, -0.15) is 0 Å². The Morgan fingerprint density at radius 3 is 2.88 bits per heavy atom. The van der Waals surface area contributed by atoms with Crippen molar-refractivity contribution in [1.82, 2.24) is 19.6 Å². The zero-order valence-corrected chi connectivity index (χ0v) is 15.9. The van der Waals surface area contributed by atoms with E-state index in [1.807, 2.05) is 41.5 Å². The Morgan fingerprint density at radius 1 is 1.31 bits per heavy atom. The van der Waals surface area contributed by atoms with E-state index in [1.165, 1.54) is 6.42 Å². The smallest absolute Gasteiger partial charge is 0.270 e. The molecule has 0 bridgehead atoms. The lowest BCUT2D eigenvalue weighted by Gasteiger charge is -2.33. The number of aryl methyl sites for hydroxylation is 2. The molecule has 0 aromatic carbocycles. The minimum Gasteiger partial charge on any atom is -0.351 e. The molecule has 1 atom stereocenters. The van der Waals surface area contributed by atoms with Crippen molar-refractivity contribution in [3.63, 3.8) is 0 Å². The largest absolute Gasteiger partial charge is 0.351 e. The highest BCUT2D eigenvalue weighted by atomic mass is 16.2. The number of nitrogens with zero attached hydrogens (tertiary/aromatic N) is 3. The molecule has 2 aromatic heterocycles. The summed E-state index contributed by atoms with van der Waals surface area (Å²) in [5.41, 5.74) is 3.13. The van der Waals surface area contributed by atoms with Gasteiger partial charge in [-0.3, -0.25) is 14.0 Å². The molecule has 1 fully saturated rings. The van der Waals surface area contributed by atoms with Crippen molar-refractivity contribution in [1.29, 1.82) is 0 Å². The van der Waals surface area contributed by atoms with Crippen molar-refractivity contribution < 1.29 is 9.59 Å². The van der Waals surface area contributed by atoms with Crippen LogP contribution in [0.1, 0.15) is 60.8 Å². The van der Waals surface area contributed by atoms with Crippen LogP contribution in [0.3, 0.4) is 0 Å². The second kappa shape index (κ2) is 7.89. The standard InChI is InChI=1S/C20H28N4O2/c1-14-8-7-13-24-18(16(3)22-19(14)24)20(26)21-11-6-10-17(25)23-12-5-4-9-15(23)2/h7-8,13,15H,4-6,9-12H2,1-3H3,(H,21,26). The molecule has 140 valence electrons. The number of fused-ring (bicyclic) bond motifs is 1. The number of imidazole rings is 1. The first kappa shape index (κ1) is 18.4. The van der Waals surface area contributed by atoms with E-state index in [0.717, 1.165) is 36.3 Å². The molecular formula is C20H28N4O2. The topological polar surface area (TPSA) is 66.7 Å². The van der Waals surface area contributed by atoms with Crippen molar-refractivity contribution in [3.8, 4) is 0 Å². The average Bonchev–Trinajstić information content (AvgIpc) is 2.96. The fourth-order valence-electron chi connectivity index (χ4n) is 3.73. The third-order valence-electron chi connectivity index (χ3n) is 5.21. The van der Waals surface area contributed by atoms with Gasteiger partial charge in [0, 0.05) is 31.7 Å². The molecule has 3 rings (SSSR count). The quantitative estimate of drug-likeness (QED) is 0.838. The van der Waals surface area contributed by atoms with Crippen molar-refractivity contribution in [2.24, 2.45) is 0 Å². The van der Waals surface area contributed by atoms with E-state index in [0.29, 0.717) is 31.1 Å². The fourth-order valence-corrected chi connectivity index (χ4v) is 3.73.